The molecule has 4 N–H and O–H groups in total. The van der Waals surface area contributed by atoms with Crippen LogP contribution in [0.4, 0.5) is 0 Å². The van der Waals surface area contributed by atoms with Gasteiger partial charge in [-0.1, -0.05) is 0 Å². The van der Waals surface area contributed by atoms with Crippen LogP contribution in [0.1, 0.15) is 0 Å². The fourth-order valence-corrected chi connectivity index (χ4v) is 0. The van der Waals surface area contributed by atoms with Gasteiger partial charge in [0.25, 0.3) is 0 Å². The molecule has 0 atom stereocenters. The van der Waals surface area contributed by atoms with Crippen LogP contribution >= 0.6 is 24.5 Å². The van der Waals surface area contributed by atoms with Crippen molar-refractivity contribution in [1.29, 1.82) is 0 Å². The summed E-state index contributed by atoms with van der Waals surface area (Å²) in [5.41, 5.74) is 0. The van der Waals surface area contributed by atoms with Gasteiger partial charge < -0.3 is 0 Å². The van der Waals surface area contributed by atoms with Gasteiger partial charge in [-0.3, -0.25) is 0 Å². The first-order chi connectivity index (χ1) is 2.24. The van der Waals surface area contributed by atoms with E-state index in [-0.39, 0.29) is 17.0 Å². The first kappa shape index (κ1) is 10.7. The summed E-state index contributed by atoms with van der Waals surface area (Å²) < 4.78 is 0. The zero-order valence-electron chi connectivity index (χ0n) is 3.64. The van der Waals surface area contributed by atoms with Crippen molar-refractivity contribution < 1.29 is 19.6 Å². The molecule has 0 radical (unpaired) electrons. The Morgan fingerprint density at radius 2 is 1.00 bits per heavy atom. The summed E-state index contributed by atoms with van der Waals surface area (Å²) in [6.07, 6.45) is 0. The van der Waals surface area contributed by atoms with Crippen LogP contribution in [0.2, 0.25) is 0 Å². The normalized spacial score (nSPS) is 16.4. The van der Waals surface area contributed by atoms with Crippen molar-refractivity contribution in [2.45, 2.75) is 0 Å². The van der Waals surface area contributed by atoms with Gasteiger partial charge in [-0.25, -0.2) is 0 Å². The predicted molar refractivity (Wildman–Crippen MR) is 32.0 cm³/mol. The monoisotopic (exact) mass is 194 g/mol. The van der Waals surface area contributed by atoms with E-state index in [4.69, 9.17) is 19.6 Å². The zero-order chi connectivity index (χ0) is 5.45. The molecule has 0 rings (SSSR count). The third-order valence-electron chi connectivity index (χ3n) is 0. The van der Waals surface area contributed by atoms with Crippen LogP contribution in [0.3, 0.4) is 0 Å². The molecule has 4 nitrogen and oxygen atoms in total. The molecule has 0 heterocycles. The van der Waals surface area contributed by atoms with Crippen molar-refractivity contribution in [2.24, 2.45) is 0 Å². The van der Waals surface area contributed by atoms with Gasteiger partial charge in [0.15, 0.2) is 0 Å². The SMILES string of the molecule is Br.CP(O)(O)(O)O. The summed E-state index contributed by atoms with van der Waals surface area (Å²) in [6.45, 7) is 0.561. The molecule has 6 heteroatoms. The number of halogens is 1. The summed E-state index contributed by atoms with van der Waals surface area (Å²) >= 11 is 0. The summed E-state index contributed by atoms with van der Waals surface area (Å²) in [6, 6.07) is 0. The van der Waals surface area contributed by atoms with Crippen LogP contribution in [-0.4, -0.2) is 26.2 Å². The Bertz CT molecular complexity index is 44.9. The molecule has 0 aliphatic rings. The first-order valence-electron chi connectivity index (χ1n) is 1.25. The van der Waals surface area contributed by atoms with Gasteiger partial charge in [-0.05, 0) is 0 Å². The minimum atomic E-state index is -5.05. The summed E-state index contributed by atoms with van der Waals surface area (Å²) in [5, 5.41) is 0. The van der Waals surface area contributed by atoms with Gasteiger partial charge >= 0.3 is 33.7 Å². The van der Waals surface area contributed by atoms with E-state index in [1.54, 1.807) is 0 Å². The van der Waals surface area contributed by atoms with Crippen molar-refractivity contribution in [3.63, 3.8) is 0 Å². The Balaban J connectivity index is 0. The average molecular weight is 195 g/mol. The Morgan fingerprint density at radius 3 is 1.00 bits per heavy atom. The molecule has 0 saturated heterocycles. The van der Waals surface area contributed by atoms with Crippen LogP contribution in [0.25, 0.3) is 0 Å². The Kier molecular flexibility index (Phi) is 2.95. The summed E-state index contributed by atoms with van der Waals surface area (Å²) in [5.74, 6) is 0. The number of hydrogen-bond acceptors (Lipinski definition) is 4. The van der Waals surface area contributed by atoms with Crippen molar-refractivity contribution in [2.75, 3.05) is 6.66 Å². The molecule has 7 heavy (non-hydrogen) atoms. The average Bonchev–Trinajstić information content (AvgIpc) is 0.650. The third-order valence-corrected chi connectivity index (χ3v) is 0. The molecule has 0 unspecified atom stereocenters. The minimum absolute atomic E-state index is 0. The van der Waals surface area contributed by atoms with Gasteiger partial charge in [0, 0.05) is 0 Å². The molecule has 0 fully saturated rings. The van der Waals surface area contributed by atoms with E-state index in [0.29, 0.717) is 6.66 Å². The van der Waals surface area contributed by atoms with Crippen molar-refractivity contribution in [1.82, 2.24) is 0 Å². The van der Waals surface area contributed by atoms with E-state index < -0.39 is 7.51 Å². The van der Waals surface area contributed by atoms with E-state index in [1.807, 2.05) is 0 Å². The molecule has 48 valence electrons. The third kappa shape index (κ3) is 271. The number of rotatable bonds is 0. The van der Waals surface area contributed by atoms with Gasteiger partial charge in [-0.2, -0.15) is 0 Å². The fraction of sp³-hybridized carbons (Fsp3) is 1.00. The number of hydrogen-bond donors (Lipinski definition) is 4. The van der Waals surface area contributed by atoms with E-state index in [0.717, 1.165) is 0 Å². The second-order valence-corrected chi connectivity index (χ2v) is 4.01. The van der Waals surface area contributed by atoms with Crippen LogP contribution in [-0.2, 0) is 0 Å². The molecule has 0 aromatic carbocycles. The Labute approximate surface area is 51.4 Å². The fourth-order valence-electron chi connectivity index (χ4n) is 0. The molecule has 0 bridgehead atoms. The molecule has 0 saturated carbocycles. The first-order valence-corrected chi connectivity index (χ1v) is 3.74. The topological polar surface area (TPSA) is 80.9 Å². The molecule has 0 aromatic rings. The van der Waals surface area contributed by atoms with E-state index >= 15 is 0 Å². The van der Waals surface area contributed by atoms with Crippen molar-refractivity contribution in [3.05, 3.63) is 0 Å². The van der Waals surface area contributed by atoms with E-state index in [1.165, 1.54) is 0 Å². The molecule has 0 aliphatic heterocycles. The quantitative estimate of drug-likeness (QED) is 0.388. The Morgan fingerprint density at radius 1 is 1.00 bits per heavy atom. The van der Waals surface area contributed by atoms with E-state index in [2.05, 4.69) is 0 Å². The second kappa shape index (κ2) is 1.93. The van der Waals surface area contributed by atoms with Crippen LogP contribution in [0.5, 0.6) is 0 Å². The maximum atomic E-state index is 7.78. The molecule has 0 spiro atoms. The standard InChI is InChI=1S/CH7O4P.BrH/c1-6(2,3,4)5;/h2-5H,1H3;1H. The van der Waals surface area contributed by atoms with Gasteiger partial charge in [0.2, 0.25) is 0 Å². The van der Waals surface area contributed by atoms with Crippen molar-refractivity contribution in [3.8, 4) is 0 Å². The van der Waals surface area contributed by atoms with Crippen LogP contribution in [0, 0.1) is 0 Å². The molecule has 0 aliphatic carbocycles. The van der Waals surface area contributed by atoms with E-state index in [9.17, 15) is 0 Å². The second-order valence-electron chi connectivity index (χ2n) is 1.34. The van der Waals surface area contributed by atoms with Gasteiger partial charge in [0.1, 0.15) is 0 Å². The molecule has 0 aromatic heterocycles. The van der Waals surface area contributed by atoms with Crippen LogP contribution in [0.15, 0.2) is 0 Å². The molecular weight excluding hydrogens is 187 g/mol. The van der Waals surface area contributed by atoms with Crippen molar-refractivity contribution >= 4 is 24.5 Å². The van der Waals surface area contributed by atoms with Crippen LogP contribution < -0.4 is 0 Å². The molecular formula is CH8BrO4P. The van der Waals surface area contributed by atoms with Gasteiger partial charge in [-0.15, -0.1) is 17.0 Å². The molecule has 0 amide bonds. The van der Waals surface area contributed by atoms with Gasteiger partial charge in [0.05, 0.1) is 0 Å². The summed E-state index contributed by atoms with van der Waals surface area (Å²) in [7, 11) is -5.05. The predicted octanol–water partition coefficient (Wildman–Crippen LogP) is -0.623. The summed E-state index contributed by atoms with van der Waals surface area (Å²) in [4.78, 5) is 31.1. The zero-order valence-corrected chi connectivity index (χ0v) is 6.25. The Hall–Kier alpha value is 0.750. The maximum absolute atomic E-state index is 7.78.